The van der Waals surface area contributed by atoms with E-state index in [1.807, 2.05) is 45.0 Å². The van der Waals surface area contributed by atoms with Gasteiger partial charge in [-0.2, -0.15) is 0 Å². The molecule has 0 aromatic heterocycles. The lowest BCUT2D eigenvalue weighted by Crippen LogP contribution is -2.28. The van der Waals surface area contributed by atoms with E-state index >= 15 is 0 Å². The Labute approximate surface area is 105 Å². The molecule has 0 saturated carbocycles. The Bertz CT molecular complexity index is 437. The van der Waals surface area contributed by atoms with Gasteiger partial charge in [0.25, 0.3) is 0 Å². The lowest BCUT2D eigenvalue weighted by atomic mass is 10.0. The molecule has 17 heavy (non-hydrogen) atoms. The third-order valence-electron chi connectivity index (χ3n) is 2.51. The second-order valence-electron chi connectivity index (χ2n) is 4.99. The minimum atomic E-state index is -1.21. The van der Waals surface area contributed by atoms with Crippen LogP contribution in [0.2, 0.25) is 0 Å². The molecule has 1 heterocycles. The summed E-state index contributed by atoms with van der Waals surface area (Å²) in [6, 6.07) is 7.77. The zero-order valence-electron chi connectivity index (χ0n) is 10.4. The number of fused-ring (bicyclic) bond motifs is 1. The highest BCUT2D eigenvalue weighted by molar-refractivity contribution is 7.91. The van der Waals surface area contributed by atoms with E-state index in [1.54, 1.807) is 0 Å². The topological polar surface area (TPSA) is 44.7 Å². The highest BCUT2D eigenvalue weighted by Gasteiger charge is 2.28. The monoisotopic (exact) mass is 251 g/mol. The molecule has 0 amide bonds. The Morgan fingerprint density at radius 2 is 2.00 bits per heavy atom. The fourth-order valence-corrected chi connectivity index (χ4v) is 2.22. The molecule has 1 aliphatic heterocycles. The second kappa shape index (κ2) is 4.70. The Kier molecular flexibility index (Phi) is 3.45. The first-order chi connectivity index (χ1) is 7.98. The highest BCUT2D eigenvalue weighted by atomic mass is 32.2. The van der Waals surface area contributed by atoms with Gasteiger partial charge in [-0.25, -0.2) is 0 Å². The second-order valence-corrected chi connectivity index (χ2v) is 6.90. The van der Waals surface area contributed by atoms with Crippen molar-refractivity contribution in [2.75, 3.05) is 6.61 Å². The summed E-state index contributed by atoms with van der Waals surface area (Å²) in [5.41, 5.74) is 1.86. The van der Waals surface area contributed by atoms with Crippen molar-refractivity contribution in [3.63, 3.8) is 0 Å². The molecule has 0 fully saturated rings. The number of para-hydroxylation sites is 1. The molecule has 0 N–H and O–H groups in total. The van der Waals surface area contributed by atoms with Gasteiger partial charge in [-0.15, -0.1) is 0 Å². The standard InChI is InChI=1S/C13H17NO2S/c1-13(2,3)17(15)14-11-8-9-16-12-7-5-4-6-10(11)12/h4-7H,8-9H2,1-3H3/b14-11+/t17-/m1/s1. The van der Waals surface area contributed by atoms with Gasteiger partial charge in [0.15, 0.2) is 0 Å². The van der Waals surface area contributed by atoms with E-state index in [0.717, 1.165) is 23.4 Å². The molecular weight excluding hydrogens is 234 g/mol. The van der Waals surface area contributed by atoms with E-state index < -0.39 is 11.4 Å². The van der Waals surface area contributed by atoms with Crippen molar-refractivity contribution in [1.29, 1.82) is 0 Å². The van der Waals surface area contributed by atoms with Gasteiger partial charge in [-0.1, -0.05) is 16.5 Å². The number of ether oxygens (including phenoxy) is 1. The Balaban J connectivity index is 2.33. The minimum absolute atomic E-state index is 0.319. The van der Waals surface area contributed by atoms with E-state index in [4.69, 9.17) is 4.74 Å². The molecule has 1 atom stereocenters. The fraction of sp³-hybridized carbons (Fsp3) is 0.462. The van der Waals surface area contributed by atoms with E-state index in [1.165, 1.54) is 0 Å². The van der Waals surface area contributed by atoms with Crippen LogP contribution in [-0.2, 0) is 11.4 Å². The summed E-state index contributed by atoms with van der Waals surface area (Å²) < 4.78 is 21.6. The van der Waals surface area contributed by atoms with Gasteiger partial charge in [0, 0.05) is 12.0 Å². The van der Waals surface area contributed by atoms with Gasteiger partial charge in [-0.3, -0.25) is 0 Å². The van der Waals surface area contributed by atoms with Crippen LogP contribution in [0.5, 0.6) is 5.75 Å². The first kappa shape index (κ1) is 12.5. The zero-order valence-corrected chi connectivity index (χ0v) is 11.2. The van der Waals surface area contributed by atoms with Crippen LogP contribution in [0.1, 0.15) is 32.8 Å². The molecule has 0 spiro atoms. The molecule has 0 bridgehead atoms. The molecule has 0 aliphatic carbocycles. The van der Waals surface area contributed by atoms with Crippen LogP contribution in [0.15, 0.2) is 28.7 Å². The van der Waals surface area contributed by atoms with Gasteiger partial charge in [0.2, 0.25) is 0 Å². The third-order valence-corrected chi connectivity index (χ3v) is 3.95. The van der Waals surface area contributed by atoms with Crippen LogP contribution in [0.25, 0.3) is 0 Å². The molecule has 1 aliphatic rings. The average Bonchev–Trinajstić information content (AvgIpc) is 2.28. The van der Waals surface area contributed by atoms with Crippen molar-refractivity contribution < 1.29 is 9.29 Å². The zero-order chi connectivity index (χ0) is 12.5. The van der Waals surface area contributed by atoms with Crippen molar-refractivity contribution in [2.24, 2.45) is 4.40 Å². The molecule has 0 radical (unpaired) electrons. The van der Waals surface area contributed by atoms with Crippen molar-refractivity contribution in [3.8, 4) is 5.75 Å². The summed E-state index contributed by atoms with van der Waals surface area (Å²) in [4.78, 5) is 0. The normalized spacial score (nSPS) is 19.6. The van der Waals surface area contributed by atoms with E-state index in [-0.39, 0.29) is 4.75 Å². The quantitative estimate of drug-likeness (QED) is 0.720. The van der Waals surface area contributed by atoms with Gasteiger partial charge in [0.1, 0.15) is 27.6 Å². The Morgan fingerprint density at radius 1 is 1.29 bits per heavy atom. The van der Waals surface area contributed by atoms with Crippen LogP contribution < -0.4 is 4.74 Å². The summed E-state index contributed by atoms with van der Waals surface area (Å²) in [6.45, 7) is 6.40. The predicted molar refractivity (Wildman–Crippen MR) is 71.0 cm³/mol. The van der Waals surface area contributed by atoms with Gasteiger partial charge >= 0.3 is 0 Å². The predicted octanol–water partition coefficient (Wildman–Crippen LogP) is 2.72. The van der Waals surface area contributed by atoms with Crippen LogP contribution in [0, 0.1) is 0 Å². The fourth-order valence-electron chi connectivity index (χ4n) is 1.56. The summed E-state index contributed by atoms with van der Waals surface area (Å²) in [6.07, 6.45) is 0.721. The molecule has 0 saturated heterocycles. The number of nitrogens with zero attached hydrogens (tertiary/aromatic N) is 1. The maximum atomic E-state index is 12.0. The summed E-state index contributed by atoms with van der Waals surface area (Å²) >= 11 is -1.21. The number of rotatable bonds is 1. The van der Waals surface area contributed by atoms with E-state index in [0.29, 0.717) is 6.61 Å². The van der Waals surface area contributed by atoms with Gasteiger partial charge < -0.3 is 9.29 Å². The Hall–Kier alpha value is -1.00. The molecule has 1 aromatic rings. The average molecular weight is 251 g/mol. The Morgan fingerprint density at radius 3 is 2.71 bits per heavy atom. The first-order valence-corrected chi connectivity index (χ1v) is 6.81. The van der Waals surface area contributed by atoms with E-state index in [9.17, 15) is 4.55 Å². The molecular formula is C13H17NO2S. The van der Waals surface area contributed by atoms with E-state index in [2.05, 4.69) is 4.40 Å². The molecule has 1 aromatic carbocycles. The number of hydrogen-bond acceptors (Lipinski definition) is 3. The van der Waals surface area contributed by atoms with Gasteiger partial charge in [-0.05, 0) is 32.9 Å². The van der Waals surface area contributed by atoms with Crippen LogP contribution in [0.3, 0.4) is 0 Å². The lowest BCUT2D eigenvalue weighted by Gasteiger charge is -2.22. The summed E-state index contributed by atoms with van der Waals surface area (Å²) in [7, 11) is 0. The third kappa shape index (κ3) is 2.82. The number of benzene rings is 1. The van der Waals surface area contributed by atoms with Crippen LogP contribution >= 0.6 is 0 Å². The summed E-state index contributed by atoms with van der Waals surface area (Å²) in [5.74, 6) is 0.836. The molecule has 3 nitrogen and oxygen atoms in total. The number of hydrogen-bond donors (Lipinski definition) is 0. The maximum absolute atomic E-state index is 12.0. The SMILES string of the molecule is CC(C)(C)[S@@+]([O-])/N=C1\CCOc2ccccc21. The highest BCUT2D eigenvalue weighted by Crippen LogP contribution is 2.26. The lowest BCUT2D eigenvalue weighted by molar-refractivity contribution is 0.320. The molecule has 92 valence electrons. The first-order valence-electron chi connectivity index (χ1n) is 5.70. The van der Waals surface area contributed by atoms with Crippen LogP contribution in [0.4, 0.5) is 0 Å². The maximum Gasteiger partial charge on any atom is 0.144 e. The molecule has 2 rings (SSSR count). The largest absolute Gasteiger partial charge is 0.591 e. The minimum Gasteiger partial charge on any atom is -0.591 e. The molecule has 0 unspecified atom stereocenters. The van der Waals surface area contributed by atoms with Crippen molar-refractivity contribution >= 4 is 17.1 Å². The summed E-state index contributed by atoms with van der Waals surface area (Å²) in [5, 5.41) is 0. The molecule has 4 heteroatoms. The van der Waals surface area contributed by atoms with Crippen molar-refractivity contribution in [2.45, 2.75) is 31.9 Å². The van der Waals surface area contributed by atoms with Crippen LogP contribution in [-0.4, -0.2) is 21.6 Å². The van der Waals surface area contributed by atoms with Gasteiger partial charge in [0.05, 0.1) is 6.61 Å². The van der Waals surface area contributed by atoms with Crippen molar-refractivity contribution in [3.05, 3.63) is 29.8 Å². The smallest absolute Gasteiger partial charge is 0.144 e. The van der Waals surface area contributed by atoms with Crippen molar-refractivity contribution in [1.82, 2.24) is 0 Å².